The Morgan fingerprint density at radius 3 is 2.79 bits per heavy atom. The van der Waals surface area contributed by atoms with E-state index in [9.17, 15) is 0 Å². The van der Waals surface area contributed by atoms with Crippen molar-refractivity contribution in [3.63, 3.8) is 0 Å². The number of ether oxygens (including phenoxy) is 1. The highest BCUT2D eigenvalue weighted by Crippen LogP contribution is 2.27. The molecule has 1 aromatic heterocycles. The summed E-state index contributed by atoms with van der Waals surface area (Å²) < 4.78 is 5.80. The molecule has 1 atom stereocenters. The van der Waals surface area contributed by atoms with Crippen molar-refractivity contribution in [3.8, 4) is 5.75 Å². The number of rotatable bonds is 6. The van der Waals surface area contributed by atoms with Crippen molar-refractivity contribution in [2.24, 2.45) is 7.05 Å². The van der Waals surface area contributed by atoms with Crippen LogP contribution >= 0.6 is 0 Å². The number of benzene rings is 1. The van der Waals surface area contributed by atoms with Crippen LogP contribution in [0.15, 0.2) is 24.3 Å². The second-order valence-corrected chi connectivity index (χ2v) is 4.27. The number of tetrazole rings is 1. The smallest absolute Gasteiger partial charge is 0.212 e. The summed E-state index contributed by atoms with van der Waals surface area (Å²) in [4.78, 5) is 1.42. The summed E-state index contributed by atoms with van der Waals surface area (Å²) in [6.45, 7) is 2.47. The summed E-state index contributed by atoms with van der Waals surface area (Å²) in [7, 11) is 3.69. The highest BCUT2D eigenvalue weighted by Gasteiger charge is 2.12. The monoisotopic (exact) mass is 261 g/mol. The Bertz CT molecular complexity index is 521. The van der Waals surface area contributed by atoms with Crippen molar-refractivity contribution in [1.29, 1.82) is 0 Å². The Kier molecular flexibility index (Phi) is 4.46. The van der Waals surface area contributed by atoms with Gasteiger partial charge in [-0.15, -0.1) is 10.2 Å². The van der Waals surface area contributed by atoms with E-state index >= 15 is 0 Å². The first-order chi connectivity index (χ1) is 9.24. The molecule has 0 fully saturated rings. The van der Waals surface area contributed by atoms with Crippen molar-refractivity contribution in [3.05, 3.63) is 35.7 Å². The molecule has 0 aliphatic rings. The van der Waals surface area contributed by atoms with Gasteiger partial charge in [0.05, 0.1) is 7.05 Å². The average Bonchev–Trinajstić information content (AvgIpc) is 2.85. The predicted octanol–water partition coefficient (Wildman–Crippen LogP) is 1.46. The minimum absolute atomic E-state index is 0.283. The average molecular weight is 261 g/mol. The quantitative estimate of drug-likeness (QED) is 0.852. The van der Waals surface area contributed by atoms with E-state index in [1.807, 2.05) is 25.2 Å². The van der Waals surface area contributed by atoms with Gasteiger partial charge in [0.25, 0.3) is 0 Å². The third-order valence-electron chi connectivity index (χ3n) is 2.96. The number of nitrogens with one attached hydrogen (secondary N) is 1. The van der Waals surface area contributed by atoms with Crippen LogP contribution < -0.4 is 10.1 Å². The summed E-state index contributed by atoms with van der Waals surface area (Å²) in [5, 5.41) is 15.1. The van der Waals surface area contributed by atoms with Gasteiger partial charge in [-0.3, -0.25) is 0 Å². The van der Waals surface area contributed by atoms with Gasteiger partial charge >= 0.3 is 0 Å². The van der Waals surface area contributed by atoms with Crippen molar-refractivity contribution < 1.29 is 4.74 Å². The van der Waals surface area contributed by atoms with E-state index in [1.165, 1.54) is 4.80 Å². The van der Waals surface area contributed by atoms with E-state index in [0.717, 1.165) is 17.7 Å². The fourth-order valence-electron chi connectivity index (χ4n) is 2.00. The van der Waals surface area contributed by atoms with E-state index < -0.39 is 0 Å². The summed E-state index contributed by atoms with van der Waals surface area (Å²) >= 11 is 0. The molecule has 1 heterocycles. The minimum atomic E-state index is 0.283. The van der Waals surface area contributed by atoms with E-state index in [1.54, 1.807) is 7.05 Å². The molecule has 0 aliphatic heterocycles. The lowest BCUT2D eigenvalue weighted by Crippen LogP contribution is -2.16. The van der Waals surface area contributed by atoms with Crippen LogP contribution in [0.5, 0.6) is 5.75 Å². The molecule has 2 aromatic rings. The zero-order valence-corrected chi connectivity index (χ0v) is 11.5. The molecule has 0 radical (unpaired) electrons. The molecule has 6 heteroatoms. The van der Waals surface area contributed by atoms with Crippen LogP contribution in [-0.2, 0) is 13.7 Å². The first kappa shape index (κ1) is 13.5. The zero-order valence-electron chi connectivity index (χ0n) is 11.5. The van der Waals surface area contributed by atoms with Gasteiger partial charge in [0, 0.05) is 11.6 Å². The first-order valence-electron chi connectivity index (χ1n) is 6.36. The third kappa shape index (κ3) is 3.29. The molecule has 0 aliphatic carbocycles. The van der Waals surface area contributed by atoms with E-state index in [4.69, 9.17) is 4.74 Å². The molecule has 0 saturated carbocycles. The summed E-state index contributed by atoms with van der Waals surface area (Å²) in [5.41, 5.74) is 1.15. The number of hydrogen-bond donors (Lipinski definition) is 1. The standard InChI is InChI=1S/C13H19N5O/c1-4-11(14-2)10-7-5-6-8-12(10)19-9-13-15-17-18(3)16-13/h5-8,11,14H,4,9H2,1-3H3. The Morgan fingerprint density at radius 2 is 2.16 bits per heavy atom. The van der Waals surface area contributed by atoms with Crippen LogP contribution in [0.1, 0.15) is 30.8 Å². The normalized spacial score (nSPS) is 12.4. The van der Waals surface area contributed by atoms with E-state index in [0.29, 0.717) is 12.4 Å². The lowest BCUT2D eigenvalue weighted by atomic mass is 10.0. The van der Waals surface area contributed by atoms with Gasteiger partial charge in [-0.25, -0.2) is 0 Å². The SMILES string of the molecule is CCC(NC)c1ccccc1OCc1nnn(C)n1. The van der Waals surface area contributed by atoms with Gasteiger partial charge in [-0.1, -0.05) is 25.1 Å². The second kappa shape index (κ2) is 6.29. The molecule has 0 saturated heterocycles. The molecule has 0 bridgehead atoms. The maximum absolute atomic E-state index is 5.80. The minimum Gasteiger partial charge on any atom is -0.485 e. The topological polar surface area (TPSA) is 64.9 Å². The summed E-state index contributed by atoms with van der Waals surface area (Å²) in [6.07, 6.45) is 1.00. The number of aromatic nitrogens is 4. The number of hydrogen-bond acceptors (Lipinski definition) is 5. The van der Waals surface area contributed by atoms with Gasteiger partial charge in [0.15, 0.2) is 6.61 Å². The zero-order chi connectivity index (χ0) is 13.7. The maximum Gasteiger partial charge on any atom is 0.212 e. The van der Waals surface area contributed by atoms with E-state index in [2.05, 4.69) is 33.7 Å². The van der Waals surface area contributed by atoms with Crippen LogP contribution in [0.25, 0.3) is 0 Å². The molecule has 1 N–H and O–H groups in total. The summed E-state index contributed by atoms with van der Waals surface area (Å²) in [5.74, 6) is 1.44. The van der Waals surface area contributed by atoms with Crippen LogP contribution in [0.4, 0.5) is 0 Å². The molecule has 0 amide bonds. The fourth-order valence-corrected chi connectivity index (χ4v) is 2.00. The number of para-hydroxylation sites is 1. The molecule has 6 nitrogen and oxygen atoms in total. The molecule has 102 valence electrons. The van der Waals surface area contributed by atoms with Crippen molar-refractivity contribution >= 4 is 0 Å². The van der Waals surface area contributed by atoms with Gasteiger partial charge in [0.2, 0.25) is 5.82 Å². The van der Waals surface area contributed by atoms with E-state index in [-0.39, 0.29) is 6.04 Å². The highest BCUT2D eigenvalue weighted by molar-refractivity contribution is 5.35. The Labute approximate surface area is 112 Å². The second-order valence-electron chi connectivity index (χ2n) is 4.27. The molecule has 2 rings (SSSR count). The first-order valence-corrected chi connectivity index (χ1v) is 6.36. The lowest BCUT2D eigenvalue weighted by Gasteiger charge is -2.18. The molecule has 19 heavy (non-hydrogen) atoms. The van der Waals surface area contributed by atoms with Crippen molar-refractivity contribution in [2.45, 2.75) is 26.0 Å². The fraction of sp³-hybridized carbons (Fsp3) is 0.462. The predicted molar refractivity (Wildman–Crippen MR) is 71.7 cm³/mol. The number of aryl methyl sites for hydroxylation is 1. The molecule has 1 aromatic carbocycles. The molecular formula is C13H19N5O. The van der Waals surface area contributed by atoms with Crippen LogP contribution in [-0.4, -0.2) is 27.3 Å². The van der Waals surface area contributed by atoms with Gasteiger partial charge < -0.3 is 10.1 Å². The van der Waals surface area contributed by atoms with Gasteiger partial charge in [-0.05, 0) is 24.7 Å². The van der Waals surface area contributed by atoms with Crippen LogP contribution in [0.3, 0.4) is 0 Å². The van der Waals surface area contributed by atoms with Gasteiger partial charge in [-0.2, -0.15) is 4.80 Å². The van der Waals surface area contributed by atoms with Crippen molar-refractivity contribution in [1.82, 2.24) is 25.5 Å². The highest BCUT2D eigenvalue weighted by atomic mass is 16.5. The molecule has 0 spiro atoms. The lowest BCUT2D eigenvalue weighted by molar-refractivity contribution is 0.289. The molecule has 1 unspecified atom stereocenters. The molecular weight excluding hydrogens is 242 g/mol. The Balaban J connectivity index is 2.11. The number of nitrogens with zero attached hydrogens (tertiary/aromatic N) is 4. The van der Waals surface area contributed by atoms with Crippen molar-refractivity contribution in [2.75, 3.05) is 7.05 Å². The Hall–Kier alpha value is -1.95. The van der Waals surface area contributed by atoms with Crippen LogP contribution in [0.2, 0.25) is 0 Å². The maximum atomic E-state index is 5.80. The van der Waals surface area contributed by atoms with Crippen LogP contribution in [0, 0.1) is 0 Å². The largest absolute Gasteiger partial charge is 0.485 e. The van der Waals surface area contributed by atoms with Gasteiger partial charge in [0.1, 0.15) is 5.75 Å². The third-order valence-corrected chi connectivity index (χ3v) is 2.96. The Morgan fingerprint density at radius 1 is 1.37 bits per heavy atom. The summed E-state index contributed by atoms with van der Waals surface area (Å²) in [6, 6.07) is 8.30.